The molecule has 0 atom stereocenters. The van der Waals surface area contributed by atoms with Gasteiger partial charge in [0.15, 0.2) is 11.5 Å². The van der Waals surface area contributed by atoms with Gasteiger partial charge in [-0.1, -0.05) is 6.07 Å². The second-order valence-corrected chi connectivity index (χ2v) is 6.74. The topological polar surface area (TPSA) is 115 Å². The highest BCUT2D eigenvalue weighted by Gasteiger charge is 2.17. The summed E-state index contributed by atoms with van der Waals surface area (Å²) in [5.74, 6) is 0.313. The molecular weight excluding hydrogens is 414 g/mol. The first kappa shape index (κ1) is 20.7. The first-order chi connectivity index (χ1) is 15.5. The minimum atomic E-state index is -0.536. The maximum absolute atomic E-state index is 12.5. The zero-order chi connectivity index (χ0) is 22.5. The molecule has 162 valence electrons. The van der Waals surface area contributed by atoms with Gasteiger partial charge in [-0.25, -0.2) is 0 Å². The van der Waals surface area contributed by atoms with Crippen LogP contribution in [0, 0.1) is 0 Å². The fourth-order valence-corrected chi connectivity index (χ4v) is 2.98. The van der Waals surface area contributed by atoms with Crippen molar-refractivity contribution < 1.29 is 28.6 Å². The maximum Gasteiger partial charge on any atom is 0.269 e. The number of amides is 3. The molecule has 1 aliphatic heterocycles. The zero-order valence-corrected chi connectivity index (χ0v) is 17.0. The van der Waals surface area contributed by atoms with Crippen molar-refractivity contribution in [1.29, 1.82) is 0 Å². The molecule has 0 radical (unpaired) electrons. The van der Waals surface area contributed by atoms with Gasteiger partial charge in [0.05, 0.1) is 7.11 Å². The average Bonchev–Trinajstić information content (AvgIpc) is 3.30. The highest BCUT2D eigenvalue weighted by Crippen LogP contribution is 2.32. The van der Waals surface area contributed by atoms with Gasteiger partial charge in [0.1, 0.15) is 5.75 Å². The number of fused-ring (bicyclic) bond motifs is 1. The van der Waals surface area contributed by atoms with Crippen LogP contribution < -0.4 is 30.4 Å². The summed E-state index contributed by atoms with van der Waals surface area (Å²) in [4.78, 5) is 37.2. The van der Waals surface area contributed by atoms with E-state index in [1.54, 1.807) is 60.7 Å². The van der Waals surface area contributed by atoms with Gasteiger partial charge in [-0.05, 0) is 60.7 Å². The summed E-state index contributed by atoms with van der Waals surface area (Å²) in [6.45, 7) is 0.118. The highest BCUT2D eigenvalue weighted by atomic mass is 16.7. The Hall–Kier alpha value is -4.53. The lowest BCUT2D eigenvalue weighted by Gasteiger charge is -2.10. The average molecular weight is 433 g/mol. The lowest BCUT2D eigenvalue weighted by Crippen LogP contribution is -2.41. The summed E-state index contributed by atoms with van der Waals surface area (Å²) >= 11 is 0. The van der Waals surface area contributed by atoms with Gasteiger partial charge in [-0.15, -0.1) is 0 Å². The molecule has 4 rings (SSSR count). The number of hydrogen-bond acceptors (Lipinski definition) is 6. The van der Waals surface area contributed by atoms with E-state index in [-0.39, 0.29) is 18.3 Å². The number of carbonyl (C=O) groups is 3. The van der Waals surface area contributed by atoms with Crippen molar-refractivity contribution >= 4 is 23.4 Å². The van der Waals surface area contributed by atoms with Gasteiger partial charge in [0.2, 0.25) is 6.79 Å². The van der Waals surface area contributed by atoms with Crippen LogP contribution in [0.15, 0.2) is 66.7 Å². The number of hydrogen-bond donors (Lipinski definition) is 3. The Kier molecular flexibility index (Phi) is 5.89. The van der Waals surface area contributed by atoms with Crippen molar-refractivity contribution in [2.24, 2.45) is 0 Å². The molecular formula is C23H19N3O6. The molecule has 0 bridgehead atoms. The molecule has 0 saturated carbocycles. The Balaban J connectivity index is 1.37. The van der Waals surface area contributed by atoms with Gasteiger partial charge in [-0.2, -0.15) is 0 Å². The van der Waals surface area contributed by atoms with Crippen LogP contribution >= 0.6 is 0 Å². The molecule has 0 aromatic heterocycles. The first-order valence-electron chi connectivity index (χ1n) is 9.59. The summed E-state index contributed by atoms with van der Waals surface area (Å²) in [5, 5.41) is 2.73. The summed E-state index contributed by atoms with van der Waals surface area (Å²) in [7, 11) is 1.53. The fraction of sp³-hybridized carbons (Fsp3) is 0.0870. The van der Waals surface area contributed by atoms with Crippen LogP contribution in [0.1, 0.15) is 31.1 Å². The molecule has 0 aliphatic carbocycles. The van der Waals surface area contributed by atoms with E-state index in [1.165, 1.54) is 13.2 Å². The summed E-state index contributed by atoms with van der Waals surface area (Å²) < 4.78 is 15.6. The third kappa shape index (κ3) is 4.62. The molecule has 9 nitrogen and oxygen atoms in total. The minimum absolute atomic E-state index is 0.118. The number of methoxy groups -OCH3 is 1. The second kappa shape index (κ2) is 9.09. The lowest BCUT2D eigenvalue weighted by molar-refractivity contribution is 0.0846. The van der Waals surface area contributed by atoms with Gasteiger partial charge in [0, 0.05) is 22.4 Å². The maximum atomic E-state index is 12.5. The Morgan fingerprint density at radius 1 is 0.750 bits per heavy atom. The number of carbonyl (C=O) groups excluding carboxylic acids is 3. The summed E-state index contributed by atoms with van der Waals surface area (Å²) in [6.07, 6.45) is 0. The quantitative estimate of drug-likeness (QED) is 0.533. The van der Waals surface area contributed by atoms with Crippen molar-refractivity contribution in [1.82, 2.24) is 10.9 Å². The minimum Gasteiger partial charge on any atom is -0.497 e. The van der Waals surface area contributed by atoms with Crippen molar-refractivity contribution in [2.75, 3.05) is 19.2 Å². The predicted octanol–water partition coefficient (Wildman–Crippen LogP) is 2.75. The number of anilines is 1. The van der Waals surface area contributed by atoms with Crippen LogP contribution in [0.3, 0.4) is 0 Å². The Morgan fingerprint density at radius 2 is 1.41 bits per heavy atom. The fourth-order valence-electron chi connectivity index (χ4n) is 2.98. The number of nitrogens with one attached hydrogen (secondary N) is 3. The lowest BCUT2D eigenvalue weighted by atomic mass is 10.1. The monoisotopic (exact) mass is 433 g/mol. The van der Waals surface area contributed by atoms with E-state index in [0.717, 1.165) is 0 Å². The second-order valence-electron chi connectivity index (χ2n) is 6.74. The SMILES string of the molecule is COc1ccc(C(=O)NNC(=O)c2cccc(NC(=O)c3ccc4c(c3)OCO4)c2)cc1. The zero-order valence-electron chi connectivity index (χ0n) is 17.0. The van der Waals surface area contributed by atoms with E-state index in [1.807, 2.05) is 0 Å². The third-order valence-corrected chi connectivity index (χ3v) is 4.66. The van der Waals surface area contributed by atoms with Crippen LogP contribution in [0.5, 0.6) is 17.2 Å². The number of rotatable bonds is 5. The van der Waals surface area contributed by atoms with E-state index in [2.05, 4.69) is 16.2 Å². The van der Waals surface area contributed by atoms with Crippen LogP contribution in [0.4, 0.5) is 5.69 Å². The first-order valence-corrected chi connectivity index (χ1v) is 9.59. The molecule has 3 N–H and O–H groups in total. The third-order valence-electron chi connectivity index (χ3n) is 4.66. The van der Waals surface area contributed by atoms with Crippen LogP contribution in [-0.4, -0.2) is 31.6 Å². The smallest absolute Gasteiger partial charge is 0.269 e. The van der Waals surface area contributed by atoms with Crippen LogP contribution in [0.25, 0.3) is 0 Å². The normalized spacial score (nSPS) is 11.4. The number of hydrazine groups is 1. The summed E-state index contributed by atoms with van der Waals surface area (Å²) in [5.41, 5.74) is 6.12. The van der Waals surface area contributed by atoms with Crippen LogP contribution in [0.2, 0.25) is 0 Å². The van der Waals surface area contributed by atoms with E-state index < -0.39 is 11.8 Å². The number of benzene rings is 3. The van der Waals surface area contributed by atoms with Gasteiger partial charge >= 0.3 is 0 Å². The van der Waals surface area contributed by atoms with Crippen molar-refractivity contribution in [3.8, 4) is 17.2 Å². The van der Waals surface area contributed by atoms with Crippen molar-refractivity contribution in [3.63, 3.8) is 0 Å². The highest BCUT2D eigenvalue weighted by molar-refractivity contribution is 6.05. The van der Waals surface area contributed by atoms with E-state index in [9.17, 15) is 14.4 Å². The molecule has 0 fully saturated rings. The van der Waals surface area contributed by atoms with E-state index in [0.29, 0.717) is 34.1 Å². The Bertz CT molecular complexity index is 1180. The molecule has 0 spiro atoms. The molecule has 9 heteroatoms. The van der Waals surface area contributed by atoms with Gasteiger partial charge < -0.3 is 19.5 Å². The standard InChI is InChI=1S/C23H19N3O6/c1-30-18-8-5-14(6-9-18)22(28)25-26-23(29)15-3-2-4-17(11-15)24-21(27)16-7-10-19-20(12-16)32-13-31-19/h2-12H,13H2,1H3,(H,24,27)(H,25,28)(H,26,29). The largest absolute Gasteiger partial charge is 0.497 e. The predicted molar refractivity (Wildman–Crippen MR) is 115 cm³/mol. The Labute approximate surface area is 183 Å². The van der Waals surface area contributed by atoms with Crippen LogP contribution in [-0.2, 0) is 0 Å². The molecule has 1 aliphatic rings. The van der Waals surface area contributed by atoms with Gasteiger partial charge in [0.25, 0.3) is 17.7 Å². The molecule has 0 unspecified atom stereocenters. The molecule has 32 heavy (non-hydrogen) atoms. The van der Waals surface area contributed by atoms with Gasteiger partial charge in [-0.3, -0.25) is 25.2 Å². The van der Waals surface area contributed by atoms with E-state index in [4.69, 9.17) is 14.2 Å². The number of ether oxygens (including phenoxy) is 3. The molecule has 1 heterocycles. The molecule has 3 amide bonds. The molecule has 3 aromatic carbocycles. The van der Waals surface area contributed by atoms with Crippen molar-refractivity contribution in [3.05, 3.63) is 83.4 Å². The van der Waals surface area contributed by atoms with Crippen molar-refractivity contribution in [2.45, 2.75) is 0 Å². The Morgan fingerprint density at radius 3 is 2.16 bits per heavy atom. The molecule has 3 aromatic rings. The summed E-state index contributed by atoms with van der Waals surface area (Å²) in [6, 6.07) is 17.6. The molecule has 0 saturated heterocycles. The van der Waals surface area contributed by atoms with E-state index >= 15 is 0 Å².